The van der Waals surface area contributed by atoms with Gasteiger partial charge in [-0.05, 0) is 111 Å². The molecule has 0 N–H and O–H groups in total. The zero-order valence-electron chi connectivity index (χ0n) is 38.2. The maximum Gasteiger partial charge on any atom is 0.0714 e. The topological polar surface area (TPSA) is 8.17 Å². The van der Waals surface area contributed by atoms with Crippen LogP contribution < -0.4 is 4.90 Å². The smallest absolute Gasteiger partial charge is 0.0714 e. The predicted octanol–water partition coefficient (Wildman–Crippen LogP) is 18.3. The highest BCUT2D eigenvalue weighted by Crippen LogP contribution is 2.57. The van der Waals surface area contributed by atoms with Crippen molar-refractivity contribution in [1.82, 2.24) is 4.57 Å². The third kappa shape index (κ3) is 6.19. The maximum absolute atomic E-state index is 2.47. The van der Waals surface area contributed by atoms with Gasteiger partial charge in [-0.15, -0.1) is 11.3 Å². The summed E-state index contributed by atoms with van der Waals surface area (Å²) in [6.07, 6.45) is 0. The van der Waals surface area contributed by atoms with Crippen LogP contribution in [-0.2, 0) is 5.41 Å². The van der Waals surface area contributed by atoms with Crippen molar-refractivity contribution in [2.75, 3.05) is 4.90 Å². The van der Waals surface area contributed by atoms with Gasteiger partial charge in [0.05, 0.1) is 22.1 Å². The van der Waals surface area contributed by atoms with E-state index in [2.05, 4.69) is 276 Å². The maximum atomic E-state index is 2.47. The summed E-state index contributed by atoms with van der Waals surface area (Å²) in [5, 5.41) is 5.12. The average Bonchev–Trinajstić information content (AvgIpc) is 4.08. The third-order valence-electron chi connectivity index (χ3n) is 14.7. The molecule has 13 aromatic rings. The van der Waals surface area contributed by atoms with E-state index < -0.39 is 5.41 Å². The molecule has 0 fully saturated rings. The van der Waals surface area contributed by atoms with Crippen LogP contribution in [0.2, 0.25) is 0 Å². The number of para-hydroxylation sites is 3. The van der Waals surface area contributed by atoms with Crippen molar-refractivity contribution in [3.8, 4) is 39.1 Å². The summed E-state index contributed by atoms with van der Waals surface area (Å²) in [4.78, 5) is 2.45. The second kappa shape index (κ2) is 16.2. The highest BCUT2D eigenvalue weighted by molar-refractivity contribution is 7.25. The molecule has 1 aliphatic rings. The van der Waals surface area contributed by atoms with Gasteiger partial charge < -0.3 is 9.47 Å². The molecular weight excluding hydrogens is 865 g/mol. The van der Waals surface area contributed by atoms with Crippen molar-refractivity contribution in [3.05, 3.63) is 289 Å². The van der Waals surface area contributed by atoms with Crippen molar-refractivity contribution in [3.63, 3.8) is 0 Å². The number of hydrogen-bond donors (Lipinski definition) is 0. The van der Waals surface area contributed by atoms with Crippen LogP contribution >= 0.6 is 11.3 Å². The standard InChI is InChI=1S/C67H44N2S/c1-3-17-48(18-4-1)67(49-19-5-2-6-20-49)60-26-12-7-22-54(60)55-41-39-51(43-61(55)67)68(52-40-42-59-58-25-11-16-30-65(58)70-66(59)44-52)50-37-35-46(36-38-50)45-31-33-47(34-32-45)53-21-8-13-27-62(53)69-63-28-14-9-23-56(63)57-24-10-15-29-64(57)69/h1-44H. The fourth-order valence-electron chi connectivity index (χ4n) is 11.6. The highest BCUT2D eigenvalue weighted by Gasteiger charge is 2.46. The quantitative estimate of drug-likeness (QED) is 0.147. The molecule has 0 atom stereocenters. The monoisotopic (exact) mass is 908 g/mol. The Labute approximate surface area is 411 Å². The minimum absolute atomic E-state index is 0.508. The Morgan fingerprint density at radius 1 is 0.314 bits per heavy atom. The number of rotatable bonds is 8. The lowest BCUT2D eigenvalue weighted by molar-refractivity contribution is 0.768. The molecule has 0 amide bonds. The summed E-state index contributed by atoms with van der Waals surface area (Å²) in [6.45, 7) is 0. The van der Waals surface area contributed by atoms with Crippen LogP contribution in [0.15, 0.2) is 267 Å². The van der Waals surface area contributed by atoms with Crippen molar-refractivity contribution >= 4 is 70.4 Å². The van der Waals surface area contributed by atoms with Gasteiger partial charge in [0.25, 0.3) is 0 Å². The van der Waals surface area contributed by atoms with Gasteiger partial charge in [0.1, 0.15) is 0 Å². The summed E-state index contributed by atoms with van der Waals surface area (Å²) in [7, 11) is 0. The van der Waals surface area contributed by atoms with Crippen LogP contribution in [0.4, 0.5) is 17.1 Å². The van der Waals surface area contributed by atoms with Gasteiger partial charge in [-0.25, -0.2) is 0 Å². The molecule has 328 valence electrons. The SMILES string of the molecule is c1ccc(C2(c3ccccc3)c3ccccc3-c3ccc(N(c4ccc(-c5ccc(-c6ccccc6-n6c7ccccc7c7ccccc76)cc5)cc4)c4ccc5c(c4)sc4ccccc45)cc32)cc1. The lowest BCUT2D eigenvalue weighted by Gasteiger charge is -2.35. The number of fused-ring (bicyclic) bond motifs is 9. The Balaban J connectivity index is 0.887. The lowest BCUT2D eigenvalue weighted by Crippen LogP contribution is -2.28. The zero-order valence-corrected chi connectivity index (χ0v) is 39.0. The molecule has 0 saturated carbocycles. The van der Waals surface area contributed by atoms with Crippen molar-refractivity contribution in [1.29, 1.82) is 0 Å². The number of nitrogens with zero attached hydrogens (tertiary/aromatic N) is 2. The summed E-state index contributed by atoms with van der Waals surface area (Å²) < 4.78 is 4.99. The van der Waals surface area contributed by atoms with Crippen LogP contribution in [0.1, 0.15) is 22.3 Å². The first kappa shape index (κ1) is 40.3. The van der Waals surface area contributed by atoms with Gasteiger partial charge in [0, 0.05) is 53.6 Å². The third-order valence-corrected chi connectivity index (χ3v) is 15.8. The number of benzene rings is 11. The van der Waals surface area contributed by atoms with E-state index in [9.17, 15) is 0 Å². The van der Waals surface area contributed by atoms with E-state index in [1.165, 1.54) is 103 Å². The Kier molecular flexibility index (Phi) is 9.33. The van der Waals surface area contributed by atoms with Crippen LogP contribution in [0.5, 0.6) is 0 Å². The molecule has 11 aromatic carbocycles. The second-order valence-corrected chi connectivity index (χ2v) is 19.5. The van der Waals surface area contributed by atoms with Crippen LogP contribution in [-0.4, -0.2) is 4.57 Å². The van der Waals surface area contributed by atoms with E-state index in [1.807, 2.05) is 11.3 Å². The molecule has 2 nitrogen and oxygen atoms in total. The highest BCUT2D eigenvalue weighted by atomic mass is 32.1. The largest absolute Gasteiger partial charge is 0.310 e. The molecule has 0 bridgehead atoms. The molecule has 14 rings (SSSR count). The number of aromatic nitrogens is 1. The van der Waals surface area contributed by atoms with E-state index in [0.29, 0.717) is 0 Å². The van der Waals surface area contributed by atoms with Crippen molar-refractivity contribution in [2.24, 2.45) is 0 Å². The normalized spacial score (nSPS) is 12.7. The molecule has 0 aliphatic heterocycles. The van der Waals surface area contributed by atoms with E-state index >= 15 is 0 Å². The van der Waals surface area contributed by atoms with Crippen LogP contribution in [0.3, 0.4) is 0 Å². The first-order valence-corrected chi connectivity index (χ1v) is 24.9. The summed E-state index contributed by atoms with van der Waals surface area (Å²) >= 11 is 1.86. The van der Waals surface area contributed by atoms with E-state index in [4.69, 9.17) is 0 Å². The molecule has 0 radical (unpaired) electrons. The fourth-order valence-corrected chi connectivity index (χ4v) is 12.8. The Bertz CT molecular complexity index is 4020. The summed E-state index contributed by atoms with van der Waals surface area (Å²) in [6, 6.07) is 98.5. The fraction of sp³-hybridized carbons (Fsp3) is 0.0149. The molecule has 1 aliphatic carbocycles. The molecule has 0 unspecified atom stereocenters. The molecule has 0 saturated heterocycles. The number of thiophene rings is 1. The number of anilines is 3. The van der Waals surface area contributed by atoms with Crippen molar-refractivity contribution < 1.29 is 0 Å². The van der Waals surface area contributed by atoms with Crippen LogP contribution in [0.25, 0.3) is 81.0 Å². The summed E-state index contributed by atoms with van der Waals surface area (Å²) in [5.41, 5.74) is 18.8. The van der Waals surface area contributed by atoms with Crippen LogP contribution in [0, 0.1) is 0 Å². The van der Waals surface area contributed by atoms with Gasteiger partial charge >= 0.3 is 0 Å². The molecular formula is C67H44N2S. The molecule has 2 heterocycles. The molecule has 3 heteroatoms. The van der Waals surface area contributed by atoms with E-state index in [-0.39, 0.29) is 0 Å². The van der Waals surface area contributed by atoms with E-state index in [0.717, 1.165) is 17.1 Å². The Hall–Kier alpha value is -8.76. The Morgan fingerprint density at radius 2 is 0.800 bits per heavy atom. The van der Waals surface area contributed by atoms with Gasteiger partial charge in [0.15, 0.2) is 0 Å². The summed E-state index contributed by atoms with van der Waals surface area (Å²) in [5.74, 6) is 0. The second-order valence-electron chi connectivity index (χ2n) is 18.4. The minimum atomic E-state index is -0.508. The predicted molar refractivity (Wildman–Crippen MR) is 297 cm³/mol. The molecule has 70 heavy (non-hydrogen) atoms. The van der Waals surface area contributed by atoms with Crippen molar-refractivity contribution in [2.45, 2.75) is 5.41 Å². The first-order chi connectivity index (χ1) is 34.7. The van der Waals surface area contributed by atoms with E-state index in [1.54, 1.807) is 0 Å². The van der Waals surface area contributed by atoms with Gasteiger partial charge in [-0.2, -0.15) is 0 Å². The van der Waals surface area contributed by atoms with Gasteiger partial charge in [-0.1, -0.05) is 206 Å². The number of hydrogen-bond acceptors (Lipinski definition) is 2. The lowest BCUT2D eigenvalue weighted by atomic mass is 9.67. The van der Waals surface area contributed by atoms with Gasteiger partial charge in [0.2, 0.25) is 0 Å². The zero-order chi connectivity index (χ0) is 46.2. The first-order valence-electron chi connectivity index (χ1n) is 24.1. The minimum Gasteiger partial charge on any atom is -0.310 e. The Morgan fingerprint density at radius 3 is 1.50 bits per heavy atom. The molecule has 2 aromatic heterocycles. The van der Waals surface area contributed by atoms with Gasteiger partial charge in [-0.3, -0.25) is 0 Å². The molecule has 0 spiro atoms. The average molecular weight is 909 g/mol.